The maximum absolute atomic E-state index is 13.2. The van der Waals surface area contributed by atoms with E-state index in [0.29, 0.717) is 23.3 Å². The summed E-state index contributed by atoms with van der Waals surface area (Å²) in [5.74, 6) is 0.584. The van der Waals surface area contributed by atoms with Crippen molar-refractivity contribution in [3.8, 4) is 11.4 Å². The fourth-order valence-electron chi connectivity index (χ4n) is 2.61. The van der Waals surface area contributed by atoms with Crippen molar-refractivity contribution in [2.24, 2.45) is 5.73 Å². The highest BCUT2D eigenvalue weighted by atomic mass is 32.2. The second-order valence-electron chi connectivity index (χ2n) is 5.62. The highest BCUT2D eigenvalue weighted by Gasteiger charge is 2.21. The molecule has 0 spiro atoms. The molecule has 1 saturated heterocycles. The van der Waals surface area contributed by atoms with Gasteiger partial charge in [-0.2, -0.15) is 0 Å². The van der Waals surface area contributed by atoms with Crippen molar-refractivity contribution in [3.05, 3.63) is 30.1 Å². The first-order chi connectivity index (χ1) is 11.6. The molecule has 1 aliphatic heterocycles. The predicted molar refractivity (Wildman–Crippen MR) is 88.9 cm³/mol. The number of carbonyl (C=O) groups excluding carboxylic acids is 1. The van der Waals surface area contributed by atoms with Crippen LogP contribution in [0.1, 0.15) is 19.3 Å². The van der Waals surface area contributed by atoms with Gasteiger partial charge >= 0.3 is 0 Å². The van der Waals surface area contributed by atoms with E-state index >= 15 is 0 Å². The maximum Gasteiger partial charge on any atom is 0.218 e. The van der Waals surface area contributed by atoms with Crippen LogP contribution in [-0.4, -0.2) is 39.1 Å². The van der Waals surface area contributed by atoms with Crippen molar-refractivity contribution in [2.45, 2.75) is 37.1 Å². The summed E-state index contributed by atoms with van der Waals surface area (Å²) < 4.78 is 20.9. The van der Waals surface area contributed by atoms with Crippen molar-refractivity contribution in [3.63, 3.8) is 0 Å². The number of nitrogens with two attached hydrogens (primary N) is 1. The zero-order valence-electron chi connectivity index (χ0n) is 13.2. The van der Waals surface area contributed by atoms with Crippen LogP contribution < -0.4 is 5.73 Å². The van der Waals surface area contributed by atoms with E-state index in [2.05, 4.69) is 10.2 Å². The number of halogens is 1. The van der Waals surface area contributed by atoms with E-state index in [4.69, 9.17) is 10.5 Å². The monoisotopic (exact) mass is 350 g/mol. The minimum Gasteiger partial charge on any atom is -0.376 e. The number of nitrogens with zero attached hydrogens (tertiary/aromatic N) is 3. The lowest BCUT2D eigenvalue weighted by Crippen LogP contribution is -2.17. The number of benzene rings is 1. The molecule has 0 unspecified atom stereocenters. The van der Waals surface area contributed by atoms with Gasteiger partial charge in [-0.1, -0.05) is 11.8 Å². The molecule has 1 aromatic carbocycles. The van der Waals surface area contributed by atoms with Gasteiger partial charge in [0.2, 0.25) is 5.91 Å². The summed E-state index contributed by atoms with van der Waals surface area (Å²) in [4.78, 5) is 10.9. The Morgan fingerprint density at radius 1 is 1.38 bits per heavy atom. The number of carbonyl (C=O) groups is 1. The number of thioether (sulfide) groups is 1. The van der Waals surface area contributed by atoms with E-state index in [9.17, 15) is 9.18 Å². The Kier molecular flexibility index (Phi) is 5.47. The Bertz CT molecular complexity index is 699. The third-order valence-electron chi connectivity index (χ3n) is 3.81. The summed E-state index contributed by atoms with van der Waals surface area (Å²) in [6.07, 6.45) is 2.44. The summed E-state index contributed by atoms with van der Waals surface area (Å²) in [7, 11) is 0. The average Bonchev–Trinajstić information content (AvgIpc) is 3.19. The predicted octanol–water partition coefficient (Wildman–Crippen LogP) is 2.23. The van der Waals surface area contributed by atoms with E-state index in [1.165, 1.54) is 23.9 Å². The van der Waals surface area contributed by atoms with Crippen molar-refractivity contribution in [2.75, 3.05) is 12.4 Å². The van der Waals surface area contributed by atoms with Crippen LogP contribution in [0, 0.1) is 5.82 Å². The van der Waals surface area contributed by atoms with Gasteiger partial charge in [0.15, 0.2) is 11.0 Å². The molecule has 3 rings (SSSR count). The molecule has 1 amide bonds. The van der Waals surface area contributed by atoms with Crippen molar-refractivity contribution in [1.29, 1.82) is 0 Å². The highest BCUT2D eigenvalue weighted by Crippen LogP contribution is 2.27. The summed E-state index contributed by atoms with van der Waals surface area (Å²) in [5.41, 5.74) is 5.98. The van der Waals surface area contributed by atoms with Gasteiger partial charge < -0.3 is 10.5 Å². The number of rotatable bonds is 7. The number of aromatic nitrogens is 3. The molecule has 1 fully saturated rings. The molecule has 0 aliphatic carbocycles. The first-order valence-corrected chi connectivity index (χ1v) is 8.84. The normalized spacial score (nSPS) is 17.3. The van der Waals surface area contributed by atoms with Crippen LogP contribution in [0.4, 0.5) is 4.39 Å². The molecule has 2 N–H and O–H groups in total. The van der Waals surface area contributed by atoms with Gasteiger partial charge in [-0.3, -0.25) is 9.36 Å². The smallest absolute Gasteiger partial charge is 0.218 e. The van der Waals surface area contributed by atoms with E-state index in [-0.39, 0.29) is 24.2 Å². The summed E-state index contributed by atoms with van der Waals surface area (Å²) in [5, 5.41) is 9.20. The molecule has 0 radical (unpaired) electrons. The Balaban J connectivity index is 1.84. The highest BCUT2D eigenvalue weighted by molar-refractivity contribution is 7.99. The van der Waals surface area contributed by atoms with Crippen LogP contribution in [0.25, 0.3) is 11.4 Å². The molecular formula is C16H19FN4O2S. The molecule has 2 aromatic rings. The molecule has 1 aromatic heterocycles. The molecule has 24 heavy (non-hydrogen) atoms. The minimum absolute atomic E-state index is 0.121. The third-order valence-corrected chi connectivity index (χ3v) is 4.78. The topological polar surface area (TPSA) is 83.0 Å². The van der Waals surface area contributed by atoms with Gasteiger partial charge in [-0.05, 0) is 37.1 Å². The van der Waals surface area contributed by atoms with Crippen molar-refractivity contribution in [1.82, 2.24) is 14.8 Å². The van der Waals surface area contributed by atoms with Crippen molar-refractivity contribution < 1.29 is 13.9 Å². The quantitative estimate of drug-likeness (QED) is 0.774. The fraction of sp³-hybridized carbons (Fsp3) is 0.438. The lowest BCUT2D eigenvalue weighted by Gasteiger charge is -2.14. The standard InChI is InChI=1S/C16H19FN4O2S/c17-12-5-3-11(4-6-12)15-19-20-16(24-9-7-14(18)22)21(15)10-13-2-1-8-23-13/h3-6,13H,1-2,7-10H2,(H2,18,22)/t13-/m1/s1. The van der Waals surface area contributed by atoms with Gasteiger partial charge in [-0.15, -0.1) is 10.2 Å². The van der Waals surface area contributed by atoms with Gasteiger partial charge in [0.1, 0.15) is 5.82 Å². The number of amides is 1. The molecule has 2 heterocycles. The number of hydrogen-bond donors (Lipinski definition) is 1. The number of primary amides is 1. The molecule has 1 aliphatic rings. The second-order valence-corrected chi connectivity index (χ2v) is 6.69. The van der Waals surface area contributed by atoms with Crippen LogP contribution in [0.2, 0.25) is 0 Å². The first kappa shape index (κ1) is 16.9. The fourth-order valence-corrected chi connectivity index (χ4v) is 3.51. The van der Waals surface area contributed by atoms with Crippen LogP contribution in [0.3, 0.4) is 0 Å². The Morgan fingerprint density at radius 3 is 2.83 bits per heavy atom. The van der Waals surface area contributed by atoms with Crippen LogP contribution in [0.5, 0.6) is 0 Å². The maximum atomic E-state index is 13.2. The van der Waals surface area contributed by atoms with Gasteiger partial charge in [0.25, 0.3) is 0 Å². The van der Waals surface area contributed by atoms with E-state index < -0.39 is 0 Å². The molecular weight excluding hydrogens is 331 g/mol. The van der Waals surface area contributed by atoms with E-state index in [1.54, 1.807) is 12.1 Å². The zero-order chi connectivity index (χ0) is 16.9. The molecule has 128 valence electrons. The molecule has 1 atom stereocenters. The van der Waals surface area contributed by atoms with Crippen LogP contribution in [-0.2, 0) is 16.1 Å². The SMILES string of the molecule is NC(=O)CCSc1nnc(-c2ccc(F)cc2)n1C[C@H]1CCCO1. The largest absolute Gasteiger partial charge is 0.376 e. The third kappa shape index (κ3) is 4.12. The number of hydrogen-bond acceptors (Lipinski definition) is 5. The minimum atomic E-state index is -0.341. The van der Waals surface area contributed by atoms with Gasteiger partial charge in [0, 0.05) is 24.3 Å². The zero-order valence-corrected chi connectivity index (χ0v) is 14.0. The summed E-state index contributed by atoms with van der Waals surface area (Å²) in [6.45, 7) is 1.40. The Morgan fingerprint density at radius 2 is 2.17 bits per heavy atom. The summed E-state index contributed by atoms with van der Waals surface area (Å²) in [6, 6.07) is 6.17. The molecule has 6 nitrogen and oxygen atoms in total. The lowest BCUT2D eigenvalue weighted by molar-refractivity contribution is -0.117. The molecule has 0 bridgehead atoms. The number of ether oxygens (including phenoxy) is 1. The first-order valence-electron chi connectivity index (χ1n) is 7.85. The lowest BCUT2D eigenvalue weighted by atomic mass is 10.2. The van der Waals surface area contributed by atoms with Gasteiger partial charge in [-0.25, -0.2) is 4.39 Å². The van der Waals surface area contributed by atoms with Crippen LogP contribution >= 0.6 is 11.8 Å². The Labute approximate surface area is 143 Å². The van der Waals surface area contributed by atoms with E-state index in [0.717, 1.165) is 25.0 Å². The average molecular weight is 350 g/mol. The van der Waals surface area contributed by atoms with Crippen molar-refractivity contribution >= 4 is 17.7 Å². The van der Waals surface area contributed by atoms with E-state index in [1.807, 2.05) is 4.57 Å². The second kappa shape index (κ2) is 7.76. The van der Waals surface area contributed by atoms with Crippen LogP contribution in [0.15, 0.2) is 29.4 Å². The van der Waals surface area contributed by atoms with Gasteiger partial charge in [0.05, 0.1) is 12.6 Å². The Hall–Kier alpha value is -1.93. The summed E-state index contributed by atoms with van der Waals surface area (Å²) >= 11 is 1.44. The molecule has 0 saturated carbocycles. The molecule has 8 heteroatoms.